The third kappa shape index (κ3) is 11.3. The number of nitrogens with one attached hydrogen (secondary N) is 2. The van der Waals surface area contributed by atoms with E-state index in [1.165, 1.54) is 36.0 Å². The van der Waals surface area contributed by atoms with Gasteiger partial charge in [0.15, 0.2) is 19.8 Å². The lowest BCUT2D eigenvalue weighted by Crippen LogP contribution is -2.32. The maximum absolute atomic E-state index is 13.2. The van der Waals surface area contributed by atoms with Crippen molar-refractivity contribution in [1.29, 1.82) is 0 Å². The first kappa shape index (κ1) is 49.6. The van der Waals surface area contributed by atoms with Gasteiger partial charge in [-0.05, 0) is 34.8 Å². The minimum absolute atomic E-state index is 0.00930. The number of amides is 4. The van der Waals surface area contributed by atoms with Crippen LogP contribution in [0.1, 0.15) is 102 Å². The monoisotopic (exact) mass is 932 g/mol. The van der Waals surface area contributed by atoms with E-state index in [2.05, 4.69) is 39.5 Å². The molecular formula is C40H60N12O10S2. The van der Waals surface area contributed by atoms with Gasteiger partial charge in [-0.25, -0.2) is 47.6 Å². The van der Waals surface area contributed by atoms with Crippen molar-refractivity contribution >= 4 is 43.3 Å². The number of urea groups is 2. The van der Waals surface area contributed by atoms with E-state index in [-0.39, 0.29) is 70.6 Å². The van der Waals surface area contributed by atoms with Crippen molar-refractivity contribution in [3.8, 4) is 23.5 Å². The molecule has 2 unspecified atom stereocenters. The molecule has 4 amide bonds. The van der Waals surface area contributed by atoms with Crippen LogP contribution in [0.5, 0.6) is 23.5 Å². The van der Waals surface area contributed by atoms with Gasteiger partial charge < -0.3 is 39.1 Å². The highest BCUT2D eigenvalue weighted by Crippen LogP contribution is 2.36. The molecule has 4 atom stereocenters. The Bertz CT molecular complexity index is 2360. The van der Waals surface area contributed by atoms with Gasteiger partial charge in [0.05, 0.1) is 62.5 Å². The van der Waals surface area contributed by atoms with Gasteiger partial charge in [0, 0.05) is 26.4 Å². The largest absolute Gasteiger partial charge is 0.481 e. The summed E-state index contributed by atoms with van der Waals surface area (Å²) in [6.45, 7) is 17.1. The summed E-state index contributed by atoms with van der Waals surface area (Å²) in [6, 6.07) is 1.83. The first-order valence-corrected chi connectivity index (χ1v) is 23.6. The number of carbonyl (C=O) groups is 2. The van der Waals surface area contributed by atoms with Crippen molar-refractivity contribution in [1.82, 2.24) is 29.5 Å². The number of methoxy groups -OCH3 is 4. The van der Waals surface area contributed by atoms with Crippen molar-refractivity contribution < 1.29 is 46.4 Å². The van der Waals surface area contributed by atoms with E-state index in [0.29, 0.717) is 47.6 Å². The van der Waals surface area contributed by atoms with Gasteiger partial charge in [0.2, 0.25) is 23.5 Å². The van der Waals surface area contributed by atoms with Crippen molar-refractivity contribution in [2.45, 2.75) is 114 Å². The Labute approximate surface area is 374 Å². The smallest absolute Gasteiger partial charge is 0.354 e. The standard InChI is InChI=1S/2C20H30N6O5S/c2*1-11(2)14-7-16(30-6)23-17(12(3)4)18(14)24-20(27)25-32(21,28)15-8-22-26-9-13(29-5)10-31-19(15)26/h2*7-8,11-13H,9-10H2,1-6H3,(H3,21,24,25,27,28)/t2*13-,32?/m00/s1. The van der Waals surface area contributed by atoms with Gasteiger partial charge in [-0.15, -0.1) is 8.73 Å². The van der Waals surface area contributed by atoms with Crippen molar-refractivity contribution in [2.24, 2.45) is 19.0 Å². The summed E-state index contributed by atoms with van der Waals surface area (Å²) >= 11 is 0. The number of ether oxygens (including phenoxy) is 6. The van der Waals surface area contributed by atoms with Crippen LogP contribution in [0.2, 0.25) is 0 Å². The lowest BCUT2D eigenvalue weighted by atomic mass is 9.97. The van der Waals surface area contributed by atoms with E-state index in [9.17, 15) is 18.0 Å². The Morgan fingerprint density at radius 3 is 1.33 bits per heavy atom. The topological polar surface area (TPSA) is 286 Å². The lowest BCUT2D eigenvalue weighted by molar-refractivity contribution is 0.0165. The molecule has 24 heteroatoms. The number of hydrogen-bond donors (Lipinski definition) is 4. The van der Waals surface area contributed by atoms with Gasteiger partial charge in [-0.2, -0.15) is 10.2 Å². The second-order valence-electron chi connectivity index (χ2n) is 16.2. The van der Waals surface area contributed by atoms with Gasteiger partial charge >= 0.3 is 12.1 Å². The highest BCUT2D eigenvalue weighted by atomic mass is 32.2. The molecule has 0 saturated heterocycles. The first-order chi connectivity index (χ1) is 30.1. The average molecular weight is 933 g/mol. The van der Waals surface area contributed by atoms with Crippen LogP contribution in [0.4, 0.5) is 21.0 Å². The molecule has 22 nitrogen and oxygen atoms in total. The molecule has 4 aromatic heterocycles. The van der Waals surface area contributed by atoms with Crippen molar-refractivity contribution in [3.05, 3.63) is 47.0 Å². The number of pyridine rings is 2. The molecule has 0 bridgehead atoms. The Morgan fingerprint density at radius 2 is 1.03 bits per heavy atom. The zero-order chi connectivity index (χ0) is 47.3. The Morgan fingerprint density at radius 1 is 0.672 bits per heavy atom. The van der Waals surface area contributed by atoms with Crippen molar-refractivity contribution in [2.75, 3.05) is 52.3 Å². The Hall–Kier alpha value is -5.40. The van der Waals surface area contributed by atoms with Crippen LogP contribution in [0.3, 0.4) is 0 Å². The van der Waals surface area contributed by atoms with E-state index in [1.807, 2.05) is 55.4 Å². The molecule has 4 aromatic rings. The molecule has 2 aliphatic heterocycles. The SMILES string of the molecule is COc1cc(C(C)C)c(NC(=O)N=S(N)(=O)c2cnn3c2OC[C@@H](OC)C3)c(C(C)C)n1.COc1cc(C(C)C)c(NC(=O)N=S(N)(=O)c2cnn3c2OC[C@@H](OC)C3)c(C(C)C)n1. The number of nitrogens with zero attached hydrogens (tertiary/aromatic N) is 8. The predicted octanol–water partition coefficient (Wildman–Crippen LogP) is 5.75. The highest BCUT2D eigenvalue weighted by molar-refractivity contribution is 7.92. The highest BCUT2D eigenvalue weighted by Gasteiger charge is 2.30. The number of nitrogens with two attached hydrogens (primary N) is 2. The summed E-state index contributed by atoms with van der Waals surface area (Å²) in [5.41, 5.74) is 3.94. The molecule has 0 aliphatic carbocycles. The average Bonchev–Trinajstić information content (AvgIpc) is 3.88. The number of anilines is 2. The molecule has 6 rings (SSSR count). The van der Waals surface area contributed by atoms with E-state index < -0.39 is 31.9 Å². The molecule has 6 N–H and O–H groups in total. The first-order valence-electron chi connectivity index (χ1n) is 20.5. The fourth-order valence-corrected chi connectivity index (χ4v) is 8.74. The summed E-state index contributed by atoms with van der Waals surface area (Å²) in [5, 5.41) is 25.7. The zero-order valence-electron chi connectivity index (χ0n) is 38.2. The summed E-state index contributed by atoms with van der Waals surface area (Å²) in [7, 11) is -1.01. The third-order valence-corrected chi connectivity index (χ3v) is 12.8. The van der Waals surface area contributed by atoms with E-state index in [1.54, 1.807) is 26.4 Å². The predicted molar refractivity (Wildman–Crippen MR) is 239 cm³/mol. The van der Waals surface area contributed by atoms with E-state index >= 15 is 0 Å². The second kappa shape index (κ2) is 20.6. The molecule has 352 valence electrons. The molecule has 0 spiro atoms. The number of carbonyl (C=O) groups excluding carboxylic acids is 2. The molecule has 0 fully saturated rings. The number of hydrogen-bond acceptors (Lipinski definition) is 14. The summed E-state index contributed by atoms with van der Waals surface area (Å²) in [5.74, 6) is 1.45. The van der Waals surface area contributed by atoms with E-state index in [4.69, 9.17) is 38.7 Å². The number of aromatic nitrogens is 6. The minimum Gasteiger partial charge on any atom is -0.481 e. The van der Waals surface area contributed by atoms with Crippen LogP contribution < -0.4 is 39.9 Å². The Balaban J connectivity index is 0.000000241. The van der Waals surface area contributed by atoms with E-state index in [0.717, 1.165) is 11.1 Å². The maximum Gasteiger partial charge on any atom is 0.354 e. The van der Waals surface area contributed by atoms with Crippen LogP contribution in [0, 0.1) is 0 Å². The molecule has 6 heterocycles. The van der Waals surface area contributed by atoms with Crippen LogP contribution in [-0.2, 0) is 42.4 Å². The molecule has 0 saturated carbocycles. The summed E-state index contributed by atoms with van der Waals surface area (Å²) < 4.78 is 69.2. The number of rotatable bonds is 12. The van der Waals surface area contributed by atoms with Crippen LogP contribution in [0.25, 0.3) is 0 Å². The molecule has 64 heavy (non-hydrogen) atoms. The fraction of sp³-hybridized carbons (Fsp3) is 0.550. The van der Waals surface area contributed by atoms with Crippen LogP contribution in [-0.4, -0.2) is 104 Å². The van der Waals surface area contributed by atoms with Crippen LogP contribution in [0.15, 0.2) is 43.0 Å². The molecule has 0 aromatic carbocycles. The van der Waals surface area contributed by atoms with Crippen molar-refractivity contribution in [3.63, 3.8) is 0 Å². The molecule has 0 radical (unpaired) electrons. The quantitative estimate of drug-likeness (QED) is 0.132. The van der Waals surface area contributed by atoms with Crippen LogP contribution >= 0.6 is 0 Å². The molecular weight excluding hydrogens is 873 g/mol. The van der Waals surface area contributed by atoms with Gasteiger partial charge in [-0.3, -0.25) is 0 Å². The Kier molecular flexibility index (Phi) is 16.0. The minimum atomic E-state index is -3.61. The van der Waals surface area contributed by atoms with Gasteiger partial charge in [0.25, 0.3) is 0 Å². The van der Waals surface area contributed by atoms with Gasteiger partial charge in [-0.1, -0.05) is 55.4 Å². The zero-order valence-corrected chi connectivity index (χ0v) is 39.9. The maximum atomic E-state index is 13.2. The number of fused-ring (bicyclic) bond motifs is 2. The van der Waals surface area contributed by atoms with Gasteiger partial charge in [0.1, 0.15) is 35.2 Å². The fourth-order valence-electron chi connectivity index (χ4n) is 6.74. The summed E-state index contributed by atoms with van der Waals surface area (Å²) in [4.78, 5) is 34.7. The second-order valence-corrected chi connectivity index (χ2v) is 19.7. The third-order valence-electron chi connectivity index (χ3n) is 10.1. The lowest BCUT2D eigenvalue weighted by Gasteiger charge is -2.23. The normalized spacial score (nSPS) is 17.5. The molecule has 2 aliphatic rings. The summed E-state index contributed by atoms with van der Waals surface area (Å²) in [6.07, 6.45) is 2.24.